The summed E-state index contributed by atoms with van der Waals surface area (Å²) < 4.78 is 0. The summed E-state index contributed by atoms with van der Waals surface area (Å²) in [5.74, 6) is 1.79. The Bertz CT molecular complexity index is 845. The number of fused-ring (bicyclic) bond motifs is 1. The highest BCUT2D eigenvalue weighted by Crippen LogP contribution is 2.30. The maximum atomic E-state index is 6.14. The molecule has 0 unspecified atom stereocenters. The molecule has 3 nitrogen and oxygen atoms in total. The van der Waals surface area contributed by atoms with Crippen LogP contribution in [0.2, 0.25) is 5.02 Å². The van der Waals surface area contributed by atoms with Gasteiger partial charge in [-0.1, -0.05) is 35.9 Å². The van der Waals surface area contributed by atoms with E-state index < -0.39 is 0 Å². The van der Waals surface area contributed by atoms with Crippen LogP contribution in [0.25, 0.3) is 22.3 Å². The molecule has 1 saturated heterocycles. The second-order valence-electron chi connectivity index (χ2n) is 5.95. The molecule has 4 rings (SSSR count). The molecule has 1 fully saturated rings. The zero-order chi connectivity index (χ0) is 15.6. The number of halogens is 2. The average Bonchev–Trinajstić information content (AvgIpc) is 2.61. The Kier molecular flexibility index (Phi) is 5.22. The van der Waals surface area contributed by atoms with Crippen molar-refractivity contribution in [2.75, 3.05) is 18.0 Å². The lowest BCUT2D eigenvalue weighted by Gasteiger charge is -2.29. The predicted molar refractivity (Wildman–Crippen MR) is 103 cm³/mol. The molecule has 0 N–H and O–H groups in total. The van der Waals surface area contributed by atoms with Gasteiger partial charge < -0.3 is 4.90 Å². The fourth-order valence-electron chi connectivity index (χ4n) is 3.16. The molecule has 2 aromatic carbocycles. The minimum atomic E-state index is 0. The third kappa shape index (κ3) is 3.33. The number of aromatic nitrogens is 2. The minimum absolute atomic E-state index is 0. The highest BCUT2D eigenvalue weighted by molar-refractivity contribution is 6.30. The quantitative estimate of drug-likeness (QED) is 0.616. The van der Waals surface area contributed by atoms with Gasteiger partial charge in [0.15, 0.2) is 5.82 Å². The lowest BCUT2D eigenvalue weighted by Crippen LogP contribution is -2.30. The molecule has 0 atom stereocenters. The summed E-state index contributed by atoms with van der Waals surface area (Å²) in [6.45, 7) is 2.13. The molecule has 0 spiro atoms. The predicted octanol–water partition coefficient (Wildman–Crippen LogP) is 5.36. The number of benzene rings is 2. The monoisotopic (exact) mass is 359 g/mol. The molecule has 0 amide bonds. The van der Waals surface area contributed by atoms with Crippen molar-refractivity contribution in [3.63, 3.8) is 0 Å². The number of piperidine rings is 1. The van der Waals surface area contributed by atoms with Crippen LogP contribution in [-0.4, -0.2) is 23.1 Å². The van der Waals surface area contributed by atoms with E-state index in [0.717, 1.165) is 41.2 Å². The normalized spacial score (nSPS) is 14.5. The maximum absolute atomic E-state index is 6.14. The van der Waals surface area contributed by atoms with Gasteiger partial charge in [-0.2, -0.15) is 0 Å². The van der Waals surface area contributed by atoms with Gasteiger partial charge in [0.1, 0.15) is 5.82 Å². The first-order chi connectivity index (χ1) is 11.3. The third-order valence-electron chi connectivity index (χ3n) is 4.32. The van der Waals surface area contributed by atoms with E-state index in [2.05, 4.69) is 23.1 Å². The number of anilines is 1. The molecular weight excluding hydrogens is 341 g/mol. The number of hydrogen-bond acceptors (Lipinski definition) is 3. The van der Waals surface area contributed by atoms with E-state index in [-0.39, 0.29) is 12.4 Å². The Morgan fingerprint density at radius 2 is 1.67 bits per heavy atom. The Morgan fingerprint density at radius 1 is 0.875 bits per heavy atom. The summed E-state index contributed by atoms with van der Waals surface area (Å²) >= 11 is 6.14. The van der Waals surface area contributed by atoms with E-state index in [1.165, 1.54) is 19.3 Å². The molecule has 0 radical (unpaired) electrons. The van der Waals surface area contributed by atoms with Crippen LogP contribution in [0.15, 0.2) is 48.5 Å². The van der Waals surface area contributed by atoms with Crippen molar-refractivity contribution in [2.24, 2.45) is 0 Å². The number of nitrogens with zero attached hydrogens (tertiary/aromatic N) is 3. The van der Waals surface area contributed by atoms with Gasteiger partial charge in [0, 0.05) is 29.1 Å². The van der Waals surface area contributed by atoms with Crippen LogP contribution in [0.3, 0.4) is 0 Å². The summed E-state index contributed by atoms with van der Waals surface area (Å²) in [7, 11) is 0. The van der Waals surface area contributed by atoms with Gasteiger partial charge >= 0.3 is 0 Å². The van der Waals surface area contributed by atoms with Gasteiger partial charge in [-0.05, 0) is 43.5 Å². The highest BCUT2D eigenvalue weighted by atomic mass is 35.5. The van der Waals surface area contributed by atoms with E-state index in [0.29, 0.717) is 5.02 Å². The standard InChI is InChI=1S/C19H18ClN3.ClH/c20-15-8-6-7-14(13-15)18-21-17-10-3-2-9-16(17)19(22-18)23-11-4-1-5-12-23;/h2-3,6-10,13H,1,4-5,11-12H2;1H. The molecule has 1 aromatic heterocycles. The number of hydrogen-bond donors (Lipinski definition) is 0. The van der Waals surface area contributed by atoms with Crippen LogP contribution in [0, 0.1) is 0 Å². The Balaban J connectivity index is 0.00000169. The van der Waals surface area contributed by atoms with Gasteiger partial charge in [0.2, 0.25) is 0 Å². The summed E-state index contributed by atoms with van der Waals surface area (Å²) in [6, 6.07) is 16.0. The van der Waals surface area contributed by atoms with Crippen LogP contribution in [0.5, 0.6) is 0 Å². The van der Waals surface area contributed by atoms with Crippen molar-refractivity contribution >= 4 is 40.7 Å². The van der Waals surface area contributed by atoms with Gasteiger partial charge in [0.05, 0.1) is 5.52 Å². The molecule has 3 aromatic rings. The van der Waals surface area contributed by atoms with E-state index in [9.17, 15) is 0 Å². The Morgan fingerprint density at radius 3 is 2.46 bits per heavy atom. The second-order valence-corrected chi connectivity index (χ2v) is 6.38. The number of rotatable bonds is 2. The van der Waals surface area contributed by atoms with Crippen LogP contribution < -0.4 is 4.90 Å². The molecular formula is C19H19Cl2N3. The summed E-state index contributed by atoms with van der Waals surface area (Å²) in [6.07, 6.45) is 3.76. The fraction of sp³-hybridized carbons (Fsp3) is 0.263. The Hall–Kier alpha value is -1.84. The topological polar surface area (TPSA) is 29.0 Å². The number of para-hydroxylation sites is 1. The molecule has 1 aliphatic rings. The van der Waals surface area contributed by atoms with E-state index in [1.807, 2.05) is 30.3 Å². The van der Waals surface area contributed by atoms with Gasteiger partial charge in [-0.25, -0.2) is 9.97 Å². The summed E-state index contributed by atoms with van der Waals surface area (Å²) in [5, 5.41) is 1.83. The van der Waals surface area contributed by atoms with Gasteiger partial charge in [0.25, 0.3) is 0 Å². The zero-order valence-electron chi connectivity index (χ0n) is 13.3. The lowest BCUT2D eigenvalue weighted by molar-refractivity contribution is 0.575. The van der Waals surface area contributed by atoms with Crippen LogP contribution in [0.4, 0.5) is 5.82 Å². The fourth-order valence-corrected chi connectivity index (χ4v) is 3.35. The van der Waals surface area contributed by atoms with E-state index in [1.54, 1.807) is 0 Å². The third-order valence-corrected chi connectivity index (χ3v) is 4.56. The zero-order valence-corrected chi connectivity index (χ0v) is 14.9. The van der Waals surface area contributed by atoms with Crippen molar-refractivity contribution in [1.29, 1.82) is 0 Å². The van der Waals surface area contributed by atoms with Crippen LogP contribution in [-0.2, 0) is 0 Å². The first-order valence-electron chi connectivity index (χ1n) is 8.09. The molecule has 2 heterocycles. The largest absolute Gasteiger partial charge is 0.356 e. The molecule has 0 bridgehead atoms. The maximum Gasteiger partial charge on any atom is 0.162 e. The first kappa shape index (κ1) is 17.0. The summed E-state index contributed by atoms with van der Waals surface area (Å²) in [4.78, 5) is 12.0. The van der Waals surface area contributed by atoms with Crippen molar-refractivity contribution in [2.45, 2.75) is 19.3 Å². The highest BCUT2D eigenvalue weighted by Gasteiger charge is 2.17. The van der Waals surface area contributed by atoms with Gasteiger partial charge in [-0.3, -0.25) is 0 Å². The molecule has 0 saturated carbocycles. The van der Waals surface area contributed by atoms with E-state index in [4.69, 9.17) is 21.6 Å². The first-order valence-corrected chi connectivity index (χ1v) is 8.47. The van der Waals surface area contributed by atoms with Crippen molar-refractivity contribution in [1.82, 2.24) is 9.97 Å². The Labute approximate surface area is 153 Å². The second kappa shape index (κ2) is 7.37. The van der Waals surface area contributed by atoms with Crippen molar-refractivity contribution in [3.8, 4) is 11.4 Å². The van der Waals surface area contributed by atoms with Gasteiger partial charge in [-0.15, -0.1) is 12.4 Å². The van der Waals surface area contributed by atoms with E-state index >= 15 is 0 Å². The summed E-state index contributed by atoms with van der Waals surface area (Å²) in [5.41, 5.74) is 1.94. The average molecular weight is 360 g/mol. The molecule has 1 aliphatic heterocycles. The van der Waals surface area contributed by atoms with Crippen molar-refractivity contribution in [3.05, 3.63) is 53.6 Å². The molecule has 5 heteroatoms. The smallest absolute Gasteiger partial charge is 0.162 e. The molecule has 24 heavy (non-hydrogen) atoms. The minimum Gasteiger partial charge on any atom is -0.356 e. The lowest BCUT2D eigenvalue weighted by atomic mass is 10.1. The van der Waals surface area contributed by atoms with Crippen molar-refractivity contribution < 1.29 is 0 Å². The molecule has 0 aliphatic carbocycles. The molecule has 124 valence electrons. The SMILES string of the molecule is Cl.Clc1cccc(-c2nc(N3CCCCC3)c3ccccc3n2)c1. The van der Waals surface area contributed by atoms with Crippen LogP contribution >= 0.6 is 24.0 Å². The van der Waals surface area contributed by atoms with Crippen LogP contribution in [0.1, 0.15) is 19.3 Å².